The molecule has 0 fully saturated rings. The van der Waals surface area contributed by atoms with Crippen molar-refractivity contribution in [2.45, 2.75) is 6.42 Å². The van der Waals surface area contributed by atoms with E-state index in [-0.39, 0.29) is 11.8 Å². The number of anilines is 2. The van der Waals surface area contributed by atoms with Crippen LogP contribution < -0.4 is 10.6 Å². The second-order valence-electron chi connectivity index (χ2n) is 5.53. The molecule has 0 saturated carbocycles. The number of benzene rings is 2. The molecule has 0 bridgehead atoms. The first-order valence-electron chi connectivity index (χ1n) is 7.54. The molecule has 2 heterocycles. The fraction of sp³-hybridized carbons (Fsp3) is 0.0556. The van der Waals surface area contributed by atoms with Crippen LogP contribution in [-0.4, -0.2) is 21.6 Å². The number of carbonyl (C=O) groups is 2. The number of rotatable bonds is 3. The van der Waals surface area contributed by atoms with E-state index in [0.717, 1.165) is 16.9 Å². The fourth-order valence-electron chi connectivity index (χ4n) is 2.66. The Morgan fingerprint density at radius 2 is 1.96 bits per heavy atom. The van der Waals surface area contributed by atoms with E-state index in [1.807, 2.05) is 36.4 Å². The minimum atomic E-state index is -0.297. The molecule has 1 aliphatic heterocycles. The molecule has 0 spiro atoms. The zero-order chi connectivity index (χ0) is 16.5. The van der Waals surface area contributed by atoms with Crippen LogP contribution in [0.1, 0.15) is 16.1 Å². The van der Waals surface area contributed by atoms with Gasteiger partial charge in [-0.25, -0.2) is 4.68 Å². The first-order valence-corrected chi connectivity index (χ1v) is 7.54. The lowest BCUT2D eigenvalue weighted by Crippen LogP contribution is -2.13. The smallest absolute Gasteiger partial charge is 0.276 e. The van der Waals surface area contributed by atoms with Gasteiger partial charge >= 0.3 is 0 Å². The lowest BCUT2D eigenvalue weighted by molar-refractivity contribution is -0.115. The van der Waals surface area contributed by atoms with E-state index in [0.29, 0.717) is 17.8 Å². The summed E-state index contributed by atoms with van der Waals surface area (Å²) in [5, 5.41) is 9.86. The number of para-hydroxylation sites is 1. The van der Waals surface area contributed by atoms with Crippen molar-refractivity contribution in [1.82, 2.24) is 9.78 Å². The SMILES string of the molecule is O=C1Cc2ccc(NC(=O)c3ccn(-c4ccccc4)n3)cc2N1. The molecule has 4 rings (SSSR count). The Bertz CT molecular complexity index is 931. The lowest BCUT2D eigenvalue weighted by Gasteiger charge is -2.06. The van der Waals surface area contributed by atoms with Gasteiger partial charge in [-0.2, -0.15) is 5.10 Å². The Morgan fingerprint density at radius 3 is 2.79 bits per heavy atom. The number of aromatic nitrogens is 2. The van der Waals surface area contributed by atoms with Crippen molar-refractivity contribution in [2.75, 3.05) is 10.6 Å². The van der Waals surface area contributed by atoms with Crippen LogP contribution in [-0.2, 0) is 11.2 Å². The average Bonchev–Trinajstić information content (AvgIpc) is 3.21. The van der Waals surface area contributed by atoms with Crippen LogP contribution in [0.3, 0.4) is 0 Å². The maximum atomic E-state index is 12.3. The number of carbonyl (C=O) groups excluding carboxylic acids is 2. The highest BCUT2D eigenvalue weighted by Gasteiger charge is 2.18. The van der Waals surface area contributed by atoms with Crippen LogP contribution in [0.25, 0.3) is 5.69 Å². The zero-order valence-electron chi connectivity index (χ0n) is 12.7. The van der Waals surface area contributed by atoms with Gasteiger partial charge in [0.25, 0.3) is 5.91 Å². The van der Waals surface area contributed by atoms with Gasteiger partial charge in [0.05, 0.1) is 12.1 Å². The Labute approximate surface area is 138 Å². The molecule has 0 radical (unpaired) electrons. The molecule has 1 aliphatic rings. The van der Waals surface area contributed by atoms with E-state index in [9.17, 15) is 9.59 Å². The summed E-state index contributed by atoms with van der Waals surface area (Å²) in [5.41, 5.74) is 3.51. The number of nitrogens with one attached hydrogen (secondary N) is 2. The Kier molecular flexibility index (Phi) is 3.35. The van der Waals surface area contributed by atoms with Gasteiger partial charge in [0.15, 0.2) is 5.69 Å². The number of amides is 2. The zero-order valence-corrected chi connectivity index (χ0v) is 12.7. The topological polar surface area (TPSA) is 76.0 Å². The van der Waals surface area contributed by atoms with Gasteiger partial charge in [-0.3, -0.25) is 9.59 Å². The molecule has 0 aliphatic carbocycles. The molecular formula is C18H14N4O2. The van der Waals surface area contributed by atoms with Crippen molar-refractivity contribution in [3.63, 3.8) is 0 Å². The third kappa shape index (κ3) is 2.65. The average molecular weight is 318 g/mol. The molecular weight excluding hydrogens is 304 g/mol. The molecule has 118 valence electrons. The maximum Gasteiger partial charge on any atom is 0.276 e. The van der Waals surface area contributed by atoms with Crippen molar-refractivity contribution >= 4 is 23.2 Å². The van der Waals surface area contributed by atoms with Crippen molar-refractivity contribution in [3.8, 4) is 5.69 Å². The van der Waals surface area contributed by atoms with Crippen molar-refractivity contribution in [1.29, 1.82) is 0 Å². The van der Waals surface area contributed by atoms with Crippen LogP contribution in [0.4, 0.5) is 11.4 Å². The second kappa shape index (κ2) is 5.66. The van der Waals surface area contributed by atoms with E-state index >= 15 is 0 Å². The molecule has 0 atom stereocenters. The van der Waals surface area contributed by atoms with Gasteiger partial charge in [-0.1, -0.05) is 24.3 Å². The monoisotopic (exact) mass is 318 g/mol. The van der Waals surface area contributed by atoms with Gasteiger partial charge in [0.2, 0.25) is 5.91 Å². The van der Waals surface area contributed by atoms with Crippen LogP contribution in [0.5, 0.6) is 0 Å². The Hall–Kier alpha value is -3.41. The van der Waals surface area contributed by atoms with Gasteiger partial charge in [0, 0.05) is 17.6 Å². The van der Waals surface area contributed by atoms with E-state index in [2.05, 4.69) is 15.7 Å². The van der Waals surface area contributed by atoms with Gasteiger partial charge < -0.3 is 10.6 Å². The minimum Gasteiger partial charge on any atom is -0.325 e. The third-order valence-electron chi connectivity index (χ3n) is 3.84. The van der Waals surface area contributed by atoms with Gasteiger partial charge in [-0.15, -0.1) is 0 Å². The molecule has 2 N–H and O–H groups in total. The summed E-state index contributed by atoms with van der Waals surface area (Å²) < 4.78 is 1.65. The van der Waals surface area contributed by atoms with E-state index in [1.165, 1.54) is 0 Å². The van der Waals surface area contributed by atoms with Crippen molar-refractivity contribution < 1.29 is 9.59 Å². The van der Waals surface area contributed by atoms with Crippen molar-refractivity contribution in [3.05, 3.63) is 72.1 Å². The number of hydrogen-bond acceptors (Lipinski definition) is 3. The summed E-state index contributed by atoms with van der Waals surface area (Å²) in [6.45, 7) is 0. The highest BCUT2D eigenvalue weighted by atomic mass is 16.2. The highest BCUT2D eigenvalue weighted by molar-refractivity contribution is 6.04. The molecule has 2 amide bonds. The summed E-state index contributed by atoms with van der Waals surface area (Å²) in [4.78, 5) is 23.7. The molecule has 1 aromatic heterocycles. The van der Waals surface area contributed by atoms with E-state index in [4.69, 9.17) is 0 Å². The number of fused-ring (bicyclic) bond motifs is 1. The molecule has 0 saturated heterocycles. The van der Waals surface area contributed by atoms with E-state index < -0.39 is 0 Å². The molecule has 6 nitrogen and oxygen atoms in total. The number of nitrogens with zero attached hydrogens (tertiary/aromatic N) is 2. The summed E-state index contributed by atoms with van der Waals surface area (Å²) in [6, 6.07) is 16.6. The first-order chi connectivity index (χ1) is 11.7. The predicted octanol–water partition coefficient (Wildman–Crippen LogP) is 2.62. The largest absolute Gasteiger partial charge is 0.325 e. The minimum absolute atomic E-state index is 0.0323. The quantitative estimate of drug-likeness (QED) is 0.779. The van der Waals surface area contributed by atoms with Crippen LogP contribution in [0, 0.1) is 0 Å². The fourth-order valence-corrected chi connectivity index (χ4v) is 2.66. The van der Waals surface area contributed by atoms with Crippen LogP contribution >= 0.6 is 0 Å². The van der Waals surface area contributed by atoms with Crippen LogP contribution in [0.2, 0.25) is 0 Å². The highest BCUT2D eigenvalue weighted by Crippen LogP contribution is 2.26. The molecule has 0 unspecified atom stereocenters. The third-order valence-corrected chi connectivity index (χ3v) is 3.84. The van der Waals surface area contributed by atoms with Gasteiger partial charge in [-0.05, 0) is 35.9 Å². The molecule has 6 heteroatoms. The predicted molar refractivity (Wildman–Crippen MR) is 90.3 cm³/mol. The second-order valence-corrected chi connectivity index (χ2v) is 5.53. The summed E-state index contributed by atoms with van der Waals surface area (Å²) in [7, 11) is 0. The normalized spacial score (nSPS) is 12.6. The van der Waals surface area contributed by atoms with E-state index in [1.54, 1.807) is 29.1 Å². The molecule has 3 aromatic rings. The standard InChI is InChI=1S/C18H14N4O2/c23-17-10-12-6-7-13(11-16(12)20-17)19-18(24)15-8-9-22(21-15)14-4-2-1-3-5-14/h1-9,11H,10H2,(H,19,24)(H,20,23). The Balaban J connectivity index is 1.52. The first kappa shape index (κ1) is 14.2. The lowest BCUT2D eigenvalue weighted by atomic mass is 10.1. The summed E-state index contributed by atoms with van der Waals surface area (Å²) in [6.07, 6.45) is 2.12. The van der Waals surface area contributed by atoms with Gasteiger partial charge in [0.1, 0.15) is 0 Å². The van der Waals surface area contributed by atoms with Crippen molar-refractivity contribution in [2.24, 2.45) is 0 Å². The molecule has 24 heavy (non-hydrogen) atoms. The van der Waals surface area contributed by atoms with Crippen LogP contribution in [0.15, 0.2) is 60.8 Å². The maximum absolute atomic E-state index is 12.3. The molecule has 2 aromatic carbocycles. The summed E-state index contributed by atoms with van der Waals surface area (Å²) in [5.74, 6) is -0.330. The number of hydrogen-bond donors (Lipinski definition) is 2. The summed E-state index contributed by atoms with van der Waals surface area (Å²) >= 11 is 0. The Morgan fingerprint density at radius 1 is 1.12 bits per heavy atom.